The quantitative estimate of drug-likeness (QED) is 0.160. The van der Waals surface area contributed by atoms with Crippen LogP contribution in [0.2, 0.25) is 0 Å². The maximum absolute atomic E-state index is 10.4. The fourth-order valence-corrected chi connectivity index (χ4v) is 3.80. The molecule has 2 aliphatic rings. The van der Waals surface area contributed by atoms with Gasteiger partial charge < -0.3 is 69.3 Å². The largest absolute Gasteiger partial charge is 0.493 e. The Morgan fingerprint density at radius 1 is 0.714 bits per heavy atom. The fourth-order valence-electron chi connectivity index (χ4n) is 3.80. The molecule has 35 heavy (non-hydrogen) atoms. The number of ether oxygens (including phenoxy) is 6. The van der Waals surface area contributed by atoms with Crippen molar-refractivity contribution in [2.45, 2.75) is 68.0 Å². The Morgan fingerprint density at radius 3 is 1.74 bits per heavy atom. The number of rotatable bonds is 9. The highest BCUT2D eigenvalue weighted by Crippen LogP contribution is 2.40. The zero-order valence-electron chi connectivity index (χ0n) is 19.1. The van der Waals surface area contributed by atoms with Crippen molar-refractivity contribution < 1.29 is 69.3 Å². The van der Waals surface area contributed by atoms with E-state index >= 15 is 0 Å². The molecule has 0 aromatic heterocycles. The topological polar surface area (TPSA) is 217 Å². The van der Waals surface area contributed by atoms with Crippen LogP contribution >= 0.6 is 0 Å². The number of hydrogen-bond donors (Lipinski definition) is 8. The first-order chi connectivity index (χ1) is 16.7. The average molecular weight is 508 g/mol. The van der Waals surface area contributed by atoms with Crippen LogP contribution in [0.15, 0.2) is 12.1 Å². The minimum atomic E-state index is -1.73. The molecule has 3 rings (SSSR count). The molecule has 2 saturated heterocycles. The summed E-state index contributed by atoms with van der Waals surface area (Å²) in [5.41, 5.74) is 0.456. The maximum Gasteiger partial charge on any atom is 0.229 e. The average Bonchev–Trinajstić information content (AvgIpc) is 2.87. The molecule has 10 unspecified atom stereocenters. The first-order valence-electron chi connectivity index (χ1n) is 10.8. The lowest BCUT2D eigenvalue weighted by Crippen LogP contribution is -2.62. The van der Waals surface area contributed by atoms with Crippen LogP contribution in [0.1, 0.15) is 5.56 Å². The van der Waals surface area contributed by atoms with Gasteiger partial charge in [0.05, 0.1) is 34.0 Å². The van der Waals surface area contributed by atoms with Crippen molar-refractivity contribution in [3.63, 3.8) is 0 Å². The molecule has 0 bridgehead atoms. The third kappa shape index (κ3) is 5.79. The fraction of sp³-hybridized carbons (Fsp3) is 0.714. The smallest absolute Gasteiger partial charge is 0.229 e. The zero-order valence-corrected chi connectivity index (χ0v) is 19.1. The minimum absolute atomic E-state index is 0.00607. The lowest BCUT2D eigenvalue weighted by atomic mass is 9.98. The molecule has 0 spiro atoms. The van der Waals surface area contributed by atoms with Gasteiger partial charge in [0, 0.05) is 0 Å². The van der Waals surface area contributed by atoms with E-state index in [1.807, 2.05) is 0 Å². The van der Waals surface area contributed by atoms with Gasteiger partial charge in [-0.1, -0.05) is 0 Å². The summed E-state index contributed by atoms with van der Waals surface area (Å²) in [5, 5.41) is 79.7. The summed E-state index contributed by atoms with van der Waals surface area (Å²) < 4.78 is 32.5. The van der Waals surface area contributed by atoms with Crippen LogP contribution < -0.4 is 14.2 Å². The van der Waals surface area contributed by atoms with E-state index in [4.69, 9.17) is 28.4 Å². The lowest BCUT2D eigenvalue weighted by Gasteiger charge is -2.42. The molecule has 1 aromatic rings. The molecule has 2 heterocycles. The van der Waals surface area contributed by atoms with E-state index < -0.39 is 74.6 Å². The normalized spacial score (nSPS) is 37.7. The molecular formula is C21H32O14. The van der Waals surface area contributed by atoms with Gasteiger partial charge in [-0.3, -0.25) is 0 Å². The van der Waals surface area contributed by atoms with Gasteiger partial charge in [-0.25, -0.2) is 0 Å². The van der Waals surface area contributed by atoms with Gasteiger partial charge in [0.1, 0.15) is 48.8 Å². The summed E-state index contributed by atoms with van der Waals surface area (Å²) in [6.45, 7) is -1.48. The van der Waals surface area contributed by atoms with Gasteiger partial charge in [-0.05, 0) is 17.7 Å². The summed E-state index contributed by atoms with van der Waals surface area (Å²) in [5.74, 6) is 0.270. The number of aliphatic hydroxyl groups is 8. The summed E-state index contributed by atoms with van der Waals surface area (Å²) >= 11 is 0. The molecule has 200 valence electrons. The van der Waals surface area contributed by atoms with Crippen LogP contribution in [0.25, 0.3) is 0 Å². The SMILES string of the molecule is COc1cc(CO)cc(OC)c1OC1OC(COC2OC(CO)C(O)C(O)C2O)C(O)C(O)C1O. The van der Waals surface area contributed by atoms with Gasteiger partial charge in [-0.2, -0.15) is 0 Å². The summed E-state index contributed by atoms with van der Waals surface area (Å²) in [7, 11) is 2.69. The number of benzene rings is 1. The molecule has 0 aliphatic carbocycles. The maximum atomic E-state index is 10.4. The highest BCUT2D eigenvalue weighted by Gasteiger charge is 2.48. The van der Waals surface area contributed by atoms with Crippen molar-refractivity contribution in [1.82, 2.24) is 0 Å². The van der Waals surface area contributed by atoms with E-state index in [1.54, 1.807) is 0 Å². The Morgan fingerprint density at radius 2 is 1.23 bits per heavy atom. The molecule has 14 nitrogen and oxygen atoms in total. The van der Waals surface area contributed by atoms with Crippen molar-refractivity contribution in [1.29, 1.82) is 0 Å². The van der Waals surface area contributed by atoms with E-state index in [-0.39, 0.29) is 23.9 Å². The van der Waals surface area contributed by atoms with Crippen molar-refractivity contribution in [2.75, 3.05) is 27.4 Å². The first-order valence-corrected chi connectivity index (χ1v) is 10.8. The van der Waals surface area contributed by atoms with Gasteiger partial charge in [0.25, 0.3) is 0 Å². The van der Waals surface area contributed by atoms with Crippen LogP contribution in [-0.4, -0.2) is 130 Å². The Bertz CT molecular complexity index is 796. The van der Waals surface area contributed by atoms with E-state index in [0.717, 1.165) is 0 Å². The molecule has 0 amide bonds. The molecule has 0 radical (unpaired) electrons. The Balaban J connectivity index is 1.75. The van der Waals surface area contributed by atoms with E-state index in [9.17, 15) is 40.9 Å². The van der Waals surface area contributed by atoms with Gasteiger partial charge in [0.15, 0.2) is 17.8 Å². The lowest BCUT2D eigenvalue weighted by molar-refractivity contribution is -0.323. The highest BCUT2D eigenvalue weighted by molar-refractivity contribution is 5.53. The van der Waals surface area contributed by atoms with Crippen molar-refractivity contribution in [2.24, 2.45) is 0 Å². The molecule has 2 fully saturated rings. The number of methoxy groups -OCH3 is 2. The van der Waals surface area contributed by atoms with Crippen LogP contribution in [-0.2, 0) is 20.8 Å². The van der Waals surface area contributed by atoms with E-state index in [1.165, 1.54) is 26.4 Å². The highest BCUT2D eigenvalue weighted by atomic mass is 16.7. The molecule has 10 atom stereocenters. The van der Waals surface area contributed by atoms with Gasteiger partial charge >= 0.3 is 0 Å². The molecule has 14 heteroatoms. The molecular weight excluding hydrogens is 476 g/mol. The predicted molar refractivity (Wildman–Crippen MR) is 112 cm³/mol. The Labute approximate surface area is 200 Å². The van der Waals surface area contributed by atoms with Crippen molar-refractivity contribution >= 4 is 0 Å². The molecule has 1 aromatic carbocycles. The Kier molecular flexibility index (Phi) is 9.47. The molecule has 8 N–H and O–H groups in total. The van der Waals surface area contributed by atoms with Gasteiger partial charge in [0.2, 0.25) is 12.0 Å². The van der Waals surface area contributed by atoms with Crippen molar-refractivity contribution in [3.8, 4) is 17.2 Å². The van der Waals surface area contributed by atoms with Crippen LogP contribution in [0.5, 0.6) is 17.2 Å². The molecule has 2 aliphatic heterocycles. The van der Waals surface area contributed by atoms with E-state index in [0.29, 0.717) is 5.56 Å². The zero-order chi connectivity index (χ0) is 25.9. The monoisotopic (exact) mass is 508 g/mol. The first kappa shape index (κ1) is 27.8. The van der Waals surface area contributed by atoms with E-state index in [2.05, 4.69) is 0 Å². The second-order valence-corrected chi connectivity index (χ2v) is 8.15. The summed E-state index contributed by atoms with van der Waals surface area (Å²) in [6, 6.07) is 2.94. The van der Waals surface area contributed by atoms with Crippen LogP contribution in [0.4, 0.5) is 0 Å². The second-order valence-electron chi connectivity index (χ2n) is 8.15. The summed E-state index contributed by atoms with van der Waals surface area (Å²) in [6.07, 6.45) is -15.6. The standard InChI is InChI=1S/C21H32O14/c1-30-9-3-8(5-22)4-10(31-2)19(9)35-21-18(29)16(27)14(25)12(34-21)7-32-20-17(28)15(26)13(24)11(6-23)33-20/h3-4,11-18,20-29H,5-7H2,1-2H3. The summed E-state index contributed by atoms with van der Waals surface area (Å²) in [4.78, 5) is 0. The minimum Gasteiger partial charge on any atom is -0.493 e. The van der Waals surface area contributed by atoms with Crippen molar-refractivity contribution in [3.05, 3.63) is 17.7 Å². The number of hydrogen-bond acceptors (Lipinski definition) is 14. The second kappa shape index (κ2) is 11.9. The Hall–Kier alpha value is -1.82. The van der Waals surface area contributed by atoms with Crippen LogP contribution in [0.3, 0.4) is 0 Å². The van der Waals surface area contributed by atoms with Crippen LogP contribution in [0, 0.1) is 0 Å². The molecule has 0 saturated carbocycles. The number of aliphatic hydroxyl groups excluding tert-OH is 8. The predicted octanol–water partition coefficient (Wildman–Crippen LogP) is -3.80. The third-order valence-corrected chi connectivity index (χ3v) is 5.88. The van der Waals surface area contributed by atoms with Gasteiger partial charge in [-0.15, -0.1) is 0 Å². The third-order valence-electron chi connectivity index (χ3n) is 5.88.